The summed E-state index contributed by atoms with van der Waals surface area (Å²) in [7, 11) is 0. The van der Waals surface area contributed by atoms with E-state index in [1.807, 2.05) is 35.2 Å². The van der Waals surface area contributed by atoms with E-state index in [0.29, 0.717) is 19.6 Å². The zero-order chi connectivity index (χ0) is 16.3. The van der Waals surface area contributed by atoms with Gasteiger partial charge in [0.25, 0.3) is 0 Å². The van der Waals surface area contributed by atoms with Crippen LogP contribution in [0.1, 0.15) is 26.3 Å². The average molecular weight is 378 g/mol. The first kappa shape index (κ1) is 23.1. The third-order valence-corrected chi connectivity index (χ3v) is 4.37. The topological polar surface area (TPSA) is 69.8 Å². The van der Waals surface area contributed by atoms with Gasteiger partial charge in [-0.1, -0.05) is 30.3 Å². The highest BCUT2D eigenvalue weighted by atomic mass is 35.5. The van der Waals surface area contributed by atoms with Crippen molar-refractivity contribution in [3.8, 4) is 0 Å². The summed E-state index contributed by atoms with van der Waals surface area (Å²) in [5.41, 5.74) is 6.15. The first-order chi connectivity index (χ1) is 10.3. The second-order valence-corrected chi connectivity index (χ2v) is 6.51. The van der Waals surface area contributed by atoms with Gasteiger partial charge in [0.05, 0.1) is 6.10 Å². The van der Waals surface area contributed by atoms with E-state index in [0.717, 1.165) is 12.1 Å². The third kappa shape index (κ3) is 5.33. The fourth-order valence-electron chi connectivity index (χ4n) is 3.03. The van der Waals surface area contributed by atoms with Crippen LogP contribution in [0, 0.1) is 0 Å². The molecule has 1 aliphatic heterocycles. The molecule has 1 fully saturated rings. The quantitative estimate of drug-likeness (QED) is 0.836. The minimum absolute atomic E-state index is 0. The van der Waals surface area contributed by atoms with Gasteiger partial charge in [-0.3, -0.25) is 9.69 Å². The van der Waals surface area contributed by atoms with Gasteiger partial charge in [-0.2, -0.15) is 0 Å². The van der Waals surface area contributed by atoms with E-state index in [1.54, 1.807) is 13.8 Å². The molecule has 1 aliphatic rings. The summed E-state index contributed by atoms with van der Waals surface area (Å²) in [5, 5.41) is 9.53. The molecule has 3 N–H and O–H groups in total. The van der Waals surface area contributed by atoms with E-state index in [-0.39, 0.29) is 42.9 Å². The lowest BCUT2D eigenvalue weighted by Crippen LogP contribution is -2.60. The van der Waals surface area contributed by atoms with Crippen molar-refractivity contribution in [3.63, 3.8) is 0 Å². The average Bonchev–Trinajstić information content (AvgIpc) is 2.49. The number of benzene rings is 1. The number of nitrogens with zero attached hydrogens (tertiary/aromatic N) is 2. The standard InChI is InChI=1S/C17H27N3O2.2ClH/c1-13-11-20(10-9-19(13)12-14(2)21)16(22)17(3,18)15-7-5-4-6-8-15;;/h4-8,13-14,21H,9-12,18H2,1-3H3;2*1H. The Bertz CT molecular complexity index is 512. The maximum atomic E-state index is 12.8. The van der Waals surface area contributed by atoms with Gasteiger partial charge in [-0.15, -0.1) is 24.8 Å². The maximum absolute atomic E-state index is 12.8. The number of amides is 1. The molecule has 3 atom stereocenters. The van der Waals surface area contributed by atoms with Gasteiger partial charge in [0, 0.05) is 32.2 Å². The number of carbonyl (C=O) groups is 1. The van der Waals surface area contributed by atoms with Crippen LogP contribution in [0.2, 0.25) is 0 Å². The van der Waals surface area contributed by atoms with E-state index in [4.69, 9.17) is 5.73 Å². The predicted molar refractivity (Wildman–Crippen MR) is 102 cm³/mol. The molecule has 3 unspecified atom stereocenters. The predicted octanol–water partition coefficient (Wildman–Crippen LogP) is 1.62. The second-order valence-electron chi connectivity index (χ2n) is 6.51. The van der Waals surface area contributed by atoms with Crippen molar-refractivity contribution >= 4 is 30.7 Å². The molecule has 0 saturated carbocycles. The van der Waals surface area contributed by atoms with Gasteiger partial charge < -0.3 is 15.7 Å². The number of aliphatic hydroxyl groups excluding tert-OH is 1. The van der Waals surface area contributed by atoms with E-state index in [9.17, 15) is 9.90 Å². The van der Waals surface area contributed by atoms with Gasteiger partial charge in [0.2, 0.25) is 5.91 Å². The number of nitrogens with two attached hydrogens (primary N) is 1. The van der Waals surface area contributed by atoms with Gasteiger partial charge in [0.1, 0.15) is 5.54 Å². The molecule has 24 heavy (non-hydrogen) atoms. The molecule has 1 aromatic rings. The number of hydrogen-bond donors (Lipinski definition) is 2. The van der Waals surface area contributed by atoms with Crippen LogP contribution in [-0.4, -0.2) is 59.1 Å². The summed E-state index contributed by atoms with van der Waals surface area (Å²) < 4.78 is 0. The molecule has 138 valence electrons. The van der Waals surface area contributed by atoms with Crippen LogP contribution < -0.4 is 5.73 Å². The molecule has 1 heterocycles. The first-order valence-electron chi connectivity index (χ1n) is 7.88. The summed E-state index contributed by atoms with van der Waals surface area (Å²) in [4.78, 5) is 16.9. The molecule has 0 aromatic heterocycles. The van der Waals surface area contributed by atoms with Gasteiger partial charge >= 0.3 is 0 Å². The highest BCUT2D eigenvalue weighted by Gasteiger charge is 2.37. The van der Waals surface area contributed by atoms with Crippen LogP contribution in [0.15, 0.2) is 30.3 Å². The Hall–Kier alpha value is -0.850. The van der Waals surface area contributed by atoms with E-state index < -0.39 is 5.54 Å². The second kappa shape index (κ2) is 9.59. The monoisotopic (exact) mass is 377 g/mol. The van der Waals surface area contributed by atoms with Crippen molar-refractivity contribution < 1.29 is 9.90 Å². The number of halogens is 2. The van der Waals surface area contributed by atoms with Crippen LogP contribution >= 0.6 is 24.8 Å². The fourth-order valence-corrected chi connectivity index (χ4v) is 3.03. The number of piperazine rings is 1. The molecule has 1 saturated heterocycles. The summed E-state index contributed by atoms with van der Waals surface area (Å²) in [6, 6.07) is 9.73. The van der Waals surface area contributed by atoms with Crippen molar-refractivity contribution in [2.24, 2.45) is 5.73 Å². The fraction of sp³-hybridized carbons (Fsp3) is 0.588. The Balaban J connectivity index is 0.00000264. The molecule has 1 amide bonds. The number of aliphatic hydroxyl groups is 1. The van der Waals surface area contributed by atoms with Crippen molar-refractivity contribution in [1.29, 1.82) is 0 Å². The smallest absolute Gasteiger partial charge is 0.247 e. The van der Waals surface area contributed by atoms with Gasteiger partial charge in [-0.05, 0) is 26.3 Å². The summed E-state index contributed by atoms with van der Waals surface area (Å²) in [6.45, 7) is 8.34. The Labute approximate surface area is 157 Å². The minimum Gasteiger partial charge on any atom is -0.392 e. The lowest BCUT2D eigenvalue weighted by atomic mass is 9.91. The highest BCUT2D eigenvalue weighted by Crippen LogP contribution is 2.22. The van der Waals surface area contributed by atoms with E-state index in [1.165, 1.54) is 0 Å². The molecular formula is C17H29Cl2N3O2. The molecular weight excluding hydrogens is 349 g/mol. The first-order valence-corrected chi connectivity index (χ1v) is 7.88. The van der Waals surface area contributed by atoms with E-state index in [2.05, 4.69) is 11.8 Å². The summed E-state index contributed by atoms with van der Waals surface area (Å²) >= 11 is 0. The van der Waals surface area contributed by atoms with Crippen molar-refractivity contribution in [2.45, 2.75) is 38.5 Å². The third-order valence-electron chi connectivity index (χ3n) is 4.37. The van der Waals surface area contributed by atoms with Crippen molar-refractivity contribution in [3.05, 3.63) is 35.9 Å². The molecule has 0 spiro atoms. The molecule has 0 aliphatic carbocycles. The summed E-state index contributed by atoms with van der Waals surface area (Å²) in [5.74, 6) is -0.0396. The number of carbonyl (C=O) groups excluding carboxylic acids is 1. The Morgan fingerprint density at radius 3 is 2.42 bits per heavy atom. The van der Waals surface area contributed by atoms with Gasteiger partial charge in [-0.25, -0.2) is 0 Å². The molecule has 7 heteroatoms. The number of β-amino-alcohol motifs (C(OH)–C–C–N with tert-alkyl or cyclic N) is 1. The largest absolute Gasteiger partial charge is 0.392 e. The SMILES string of the molecule is CC(O)CN1CCN(C(=O)C(C)(N)c2ccccc2)CC1C.Cl.Cl. The van der Waals surface area contributed by atoms with Crippen molar-refractivity contribution in [2.75, 3.05) is 26.2 Å². The van der Waals surface area contributed by atoms with E-state index >= 15 is 0 Å². The molecule has 0 bridgehead atoms. The van der Waals surface area contributed by atoms with Gasteiger partial charge in [0.15, 0.2) is 0 Å². The Morgan fingerprint density at radius 2 is 1.92 bits per heavy atom. The number of hydrogen-bond acceptors (Lipinski definition) is 4. The molecule has 0 radical (unpaired) electrons. The molecule has 1 aromatic carbocycles. The van der Waals surface area contributed by atoms with Crippen LogP contribution in [0.3, 0.4) is 0 Å². The van der Waals surface area contributed by atoms with Crippen LogP contribution in [0.4, 0.5) is 0 Å². The van der Waals surface area contributed by atoms with Crippen LogP contribution in [-0.2, 0) is 10.3 Å². The lowest BCUT2D eigenvalue weighted by Gasteiger charge is -2.42. The van der Waals surface area contributed by atoms with Crippen molar-refractivity contribution in [1.82, 2.24) is 9.80 Å². The molecule has 2 rings (SSSR count). The minimum atomic E-state index is -1.01. The Kier molecular flexibility index (Phi) is 9.25. The Morgan fingerprint density at radius 1 is 1.33 bits per heavy atom. The molecule has 5 nitrogen and oxygen atoms in total. The number of rotatable bonds is 4. The van der Waals surface area contributed by atoms with Crippen LogP contribution in [0.5, 0.6) is 0 Å². The normalized spacial score (nSPS) is 21.9. The zero-order valence-corrected chi connectivity index (χ0v) is 16.1. The maximum Gasteiger partial charge on any atom is 0.247 e. The van der Waals surface area contributed by atoms with Crippen LogP contribution in [0.25, 0.3) is 0 Å². The highest BCUT2D eigenvalue weighted by molar-refractivity contribution is 5.87. The zero-order valence-electron chi connectivity index (χ0n) is 14.5. The lowest BCUT2D eigenvalue weighted by molar-refractivity contribution is -0.140. The summed E-state index contributed by atoms with van der Waals surface area (Å²) in [6.07, 6.45) is -0.353.